The number of hydrogen-bond donors (Lipinski definition) is 0. The van der Waals surface area contributed by atoms with Crippen molar-refractivity contribution in [2.24, 2.45) is 0 Å². The second-order valence-corrected chi connectivity index (χ2v) is 5.31. The van der Waals surface area contributed by atoms with Gasteiger partial charge >= 0.3 is 0 Å². The van der Waals surface area contributed by atoms with Crippen LogP contribution >= 0.6 is 0 Å². The number of benzene rings is 2. The maximum Gasteiger partial charge on any atom is 0.118 e. The number of methoxy groups -OCH3 is 2. The van der Waals surface area contributed by atoms with Crippen LogP contribution in [0, 0.1) is 6.92 Å². The first-order valence-corrected chi connectivity index (χ1v) is 7.48. The molecule has 0 aliphatic rings. The summed E-state index contributed by atoms with van der Waals surface area (Å²) in [4.78, 5) is 4.75. The third kappa shape index (κ3) is 3.19. The average molecular weight is 305 g/mol. The van der Waals surface area contributed by atoms with Crippen LogP contribution in [0.25, 0.3) is 22.4 Å². The van der Waals surface area contributed by atoms with E-state index in [-0.39, 0.29) is 0 Å². The zero-order chi connectivity index (χ0) is 16.2. The number of aryl methyl sites for hydroxylation is 1. The minimum absolute atomic E-state index is 0.840. The van der Waals surface area contributed by atoms with Crippen molar-refractivity contribution in [2.45, 2.75) is 6.92 Å². The van der Waals surface area contributed by atoms with Crippen molar-refractivity contribution < 1.29 is 9.47 Å². The molecule has 0 amide bonds. The fourth-order valence-electron chi connectivity index (χ4n) is 2.53. The summed E-state index contributed by atoms with van der Waals surface area (Å²) in [6.07, 6.45) is 0. The summed E-state index contributed by atoms with van der Waals surface area (Å²) in [7, 11) is 3.34. The topological polar surface area (TPSA) is 31.4 Å². The van der Waals surface area contributed by atoms with Crippen LogP contribution in [0.3, 0.4) is 0 Å². The highest BCUT2D eigenvalue weighted by Gasteiger charge is 2.10. The summed E-state index contributed by atoms with van der Waals surface area (Å²) in [5.74, 6) is 1.69. The van der Waals surface area contributed by atoms with Gasteiger partial charge in [0, 0.05) is 16.8 Å². The number of pyridine rings is 1. The molecule has 3 heteroatoms. The van der Waals surface area contributed by atoms with E-state index in [0.29, 0.717) is 0 Å². The molecule has 23 heavy (non-hydrogen) atoms. The Kier molecular flexibility index (Phi) is 4.29. The van der Waals surface area contributed by atoms with Gasteiger partial charge in [0.05, 0.1) is 19.9 Å². The number of hydrogen-bond acceptors (Lipinski definition) is 3. The van der Waals surface area contributed by atoms with Crippen LogP contribution in [0.4, 0.5) is 0 Å². The fourth-order valence-corrected chi connectivity index (χ4v) is 2.53. The summed E-state index contributed by atoms with van der Waals surface area (Å²) in [5, 5.41) is 0. The molecule has 2 aromatic carbocycles. The lowest BCUT2D eigenvalue weighted by molar-refractivity contribution is 0.414. The normalized spacial score (nSPS) is 10.4. The SMILES string of the molecule is COc1ccc(-c2ccc(C)nc2-c2ccc(OC)cc2)cc1. The van der Waals surface area contributed by atoms with Crippen molar-refractivity contribution in [3.63, 3.8) is 0 Å². The molecule has 0 N–H and O–H groups in total. The number of rotatable bonds is 4. The lowest BCUT2D eigenvalue weighted by Crippen LogP contribution is -1.92. The van der Waals surface area contributed by atoms with Gasteiger partial charge in [0.2, 0.25) is 0 Å². The lowest BCUT2D eigenvalue weighted by Gasteiger charge is -2.11. The van der Waals surface area contributed by atoms with E-state index in [9.17, 15) is 0 Å². The Bertz CT molecular complexity index is 793. The molecule has 116 valence electrons. The zero-order valence-corrected chi connectivity index (χ0v) is 13.5. The van der Waals surface area contributed by atoms with Crippen molar-refractivity contribution >= 4 is 0 Å². The smallest absolute Gasteiger partial charge is 0.118 e. The highest BCUT2D eigenvalue weighted by atomic mass is 16.5. The molecule has 0 saturated heterocycles. The zero-order valence-electron chi connectivity index (χ0n) is 13.5. The molecule has 0 radical (unpaired) electrons. The van der Waals surface area contributed by atoms with E-state index >= 15 is 0 Å². The molecule has 0 spiro atoms. The van der Waals surface area contributed by atoms with E-state index in [2.05, 4.69) is 18.2 Å². The first-order chi connectivity index (χ1) is 11.2. The van der Waals surface area contributed by atoms with E-state index in [1.54, 1.807) is 14.2 Å². The predicted octanol–water partition coefficient (Wildman–Crippen LogP) is 4.74. The number of ether oxygens (including phenoxy) is 2. The minimum Gasteiger partial charge on any atom is -0.497 e. The third-order valence-corrected chi connectivity index (χ3v) is 3.80. The third-order valence-electron chi connectivity index (χ3n) is 3.80. The van der Waals surface area contributed by atoms with Crippen LogP contribution in [-0.4, -0.2) is 19.2 Å². The van der Waals surface area contributed by atoms with Crippen molar-refractivity contribution in [1.82, 2.24) is 4.98 Å². The van der Waals surface area contributed by atoms with E-state index in [1.165, 1.54) is 0 Å². The Morgan fingerprint density at radius 1 is 0.652 bits per heavy atom. The molecule has 0 aliphatic heterocycles. The summed E-state index contributed by atoms with van der Waals surface area (Å²) >= 11 is 0. The average Bonchev–Trinajstić information content (AvgIpc) is 2.62. The van der Waals surface area contributed by atoms with Gasteiger partial charge in [-0.25, -0.2) is 0 Å². The largest absolute Gasteiger partial charge is 0.497 e. The number of nitrogens with zero attached hydrogens (tertiary/aromatic N) is 1. The van der Waals surface area contributed by atoms with Crippen molar-refractivity contribution in [3.05, 3.63) is 66.4 Å². The summed E-state index contributed by atoms with van der Waals surface area (Å²) < 4.78 is 10.5. The second-order valence-electron chi connectivity index (χ2n) is 5.31. The maximum atomic E-state index is 5.24. The Labute approximate surface area is 136 Å². The monoisotopic (exact) mass is 305 g/mol. The minimum atomic E-state index is 0.840. The first-order valence-electron chi connectivity index (χ1n) is 7.48. The molecule has 1 aromatic heterocycles. The molecule has 0 bridgehead atoms. The molecule has 3 rings (SSSR count). The van der Waals surface area contributed by atoms with Crippen LogP contribution in [0.15, 0.2) is 60.7 Å². The van der Waals surface area contributed by atoms with Gasteiger partial charge in [-0.15, -0.1) is 0 Å². The second kappa shape index (κ2) is 6.53. The first kappa shape index (κ1) is 15.1. The van der Waals surface area contributed by atoms with Crippen LogP contribution in [0.5, 0.6) is 11.5 Å². The van der Waals surface area contributed by atoms with Crippen molar-refractivity contribution in [1.29, 1.82) is 0 Å². The van der Waals surface area contributed by atoms with Gasteiger partial charge in [-0.05, 0) is 55.0 Å². The Morgan fingerprint density at radius 3 is 1.70 bits per heavy atom. The molecule has 3 aromatic rings. The van der Waals surface area contributed by atoms with Crippen LogP contribution in [0.1, 0.15) is 5.69 Å². The van der Waals surface area contributed by atoms with Gasteiger partial charge in [-0.1, -0.05) is 18.2 Å². The highest BCUT2D eigenvalue weighted by Crippen LogP contribution is 2.32. The van der Waals surface area contributed by atoms with E-state index in [1.807, 2.05) is 49.4 Å². The van der Waals surface area contributed by atoms with Crippen LogP contribution < -0.4 is 9.47 Å². The fraction of sp³-hybridized carbons (Fsp3) is 0.150. The van der Waals surface area contributed by atoms with Crippen molar-refractivity contribution in [3.8, 4) is 33.9 Å². The molecule has 0 fully saturated rings. The molecule has 0 atom stereocenters. The Morgan fingerprint density at radius 2 is 1.17 bits per heavy atom. The van der Waals surface area contributed by atoms with Gasteiger partial charge in [0.15, 0.2) is 0 Å². The van der Waals surface area contributed by atoms with Gasteiger partial charge < -0.3 is 9.47 Å². The van der Waals surface area contributed by atoms with Crippen LogP contribution in [-0.2, 0) is 0 Å². The lowest BCUT2D eigenvalue weighted by atomic mass is 9.98. The molecule has 0 unspecified atom stereocenters. The Balaban J connectivity index is 2.09. The predicted molar refractivity (Wildman–Crippen MR) is 93.0 cm³/mol. The standard InChI is InChI=1S/C20H19NO2/c1-14-4-13-19(15-5-9-17(22-2)10-6-15)20(21-14)16-7-11-18(23-3)12-8-16/h4-13H,1-3H3. The molecule has 1 heterocycles. The molecule has 0 saturated carbocycles. The van der Waals surface area contributed by atoms with Gasteiger partial charge in [-0.2, -0.15) is 0 Å². The van der Waals surface area contributed by atoms with Gasteiger partial charge in [0.25, 0.3) is 0 Å². The molecule has 0 aliphatic carbocycles. The summed E-state index contributed by atoms with van der Waals surface area (Å²) in [6.45, 7) is 2.00. The molecular weight excluding hydrogens is 286 g/mol. The van der Waals surface area contributed by atoms with Gasteiger partial charge in [-0.3, -0.25) is 4.98 Å². The van der Waals surface area contributed by atoms with Crippen LogP contribution in [0.2, 0.25) is 0 Å². The van der Waals surface area contributed by atoms with E-state index in [0.717, 1.165) is 39.6 Å². The summed E-state index contributed by atoms with van der Waals surface area (Å²) in [5.41, 5.74) is 5.25. The highest BCUT2D eigenvalue weighted by molar-refractivity contribution is 5.81. The Hall–Kier alpha value is -2.81. The van der Waals surface area contributed by atoms with E-state index < -0.39 is 0 Å². The molecule has 3 nitrogen and oxygen atoms in total. The summed E-state index contributed by atoms with van der Waals surface area (Å²) in [6, 6.07) is 20.2. The quantitative estimate of drug-likeness (QED) is 0.697. The molecular formula is C20H19NO2. The van der Waals surface area contributed by atoms with Gasteiger partial charge in [0.1, 0.15) is 11.5 Å². The van der Waals surface area contributed by atoms with Crippen molar-refractivity contribution in [2.75, 3.05) is 14.2 Å². The van der Waals surface area contributed by atoms with E-state index in [4.69, 9.17) is 14.5 Å². The number of aromatic nitrogens is 1. The maximum absolute atomic E-state index is 5.24.